The van der Waals surface area contributed by atoms with Gasteiger partial charge in [-0.15, -0.1) is 0 Å². The molecule has 3 N–H and O–H groups in total. The second-order valence-corrected chi connectivity index (χ2v) is 4.12. The van der Waals surface area contributed by atoms with E-state index in [-0.39, 0.29) is 12.0 Å². The van der Waals surface area contributed by atoms with Crippen molar-refractivity contribution in [2.75, 3.05) is 0 Å². The smallest absolute Gasteiger partial charge is 0.308 e. The molecule has 0 aromatic heterocycles. The van der Waals surface area contributed by atoms with Crippen molar-refractivity contribution in [2.24, 2.45) is 11.7 Å². The third-order valence-electron chi connectivity index (χ3n) is 3.22. The SMILES string of the molecule is N[C@H]1CC[C@H](c2ccccc2)[C@H]1C(=O)O. The fraction of sp³-hybridized carbons (Fsp3) is 0.417. The third-order valence-corrected chi connectivity index (χ3v) is 3.22. The van der Waals surface area contributed by atoms with Gasteiger partial charge in [0, 0.05) is 6.04 Å². The first kappa shape index (κ1) is 10.2. The number of rotatable bonds is 2. The Bertz CT molecular complexity index is 350. The van der Waals surface area contributed by atoms with Crippen LogP contribution >= 0.6 is 0 Å². The van der Waals surface area contributed by atoms with Crippen LogP contribution in [0, 0.1) is 5.92 Å². The molecule has 80 valence electrons. The minimum Gasteiger partial charge on any atom is -0.481 e. The fourth-order valence-electron chi connectivity index (χ4n) is 2.46. The first-order chi connectivity index (χ1) is 7.20. The highest BCUT2D eigenvalue weighted by Gasteiger charge is 2.39. The van der Waals surface area contributed by atoms with Gasteiger partial charge in [0.15, 0.2) is 0 Å². The molecule has 1 aromatic carbocycles. The van der Waals surface area contributed by atoms with Crippen molar-refractivity contribution in [1.82, 2.24) is 0 Å². The number of hydrogen-bond acceptors (Lipinski definition) is 2. The monoisotopic (exact) mass is 205 g/mol. The molecule has 15 heavy (non-hydrogen) atoms. The Kier molecular flexibility index (Phi) is 2.73. The molecule has 3 nitrogen and oxygen atoms in total. The molecule has 1 fully saturated rings. The molecule has 0 heterocycles. The van der Waals surface area contributed by atoms with E-state index in [1.165, 1.54) is 0 Å². The molecule has 0 aliphatic heterocycles. The fourth-order valence-corrected chi connectivity index (χ4v) is 2.46. The normalized spacial score (nSPS) is 30.3. The quantitative estimate of drug-likeness (QED) is 0.770. The third kappa shape index (κ3) is 1.88. The van der Waals surface area contributed by atoms with Crippen molar-refractivity contribution < 1.29 is 9.90 Å². The molecule has 1 saturated carbocycles. The van der Waals surface area contributed by atoms with E-state index in [4.69, 9.17) is 10.8 Å². The lowest BCUT2D eigenvalue weighted by atomic mass is 9.88. The van der Waals surface area contributed by atoms with Crippen molar-refractivity contribution in [2.45, 2.75) is 24.8 Å². The maximum absolute atomic E-state index is 11.1. The predicted octanol–water partition coefficient (Wildman–Crippen LogP) is 1.59. The summed E-state index contributed by atoms with van der Waals surface area (Å²) in [6.07, 6.45) is 1.68. The van der Waals surface area contributed by atoms with Crippen LogP contribution in [0.4, 0.5) is 0 Å². The van der Waals surface area contributed by atoms with Crippen molar-refractivity contribution >= 4 is 5.97 Å². The van der Waals surface area contributed by atoms with Gasteiger partial charge in [0.25, 0.3) is 0 Å². The van der Waals surface area contributed by atoms with Crippen molar-refractivity contribution in [1.29, 1.82) is 0 Å². The van der Waals surface area contributed by atoms with Gasteiger partial charge in [-0.1, -0.05) is 30.3 Å². The lowest BCUT2D eigenvalue weighted by Gasteiger charge is -2.18. The number of nitrogens with two attached hydrogens (primary N) is 1. The summed E-state index contributed by atoms with van der Waals surface area (Å²) in [6.45, 7) is 0. The summed E-state index contributed by atoms with van der Waals surface area (Å²) >= 11 is 0. The molecule has 2 rings (SSSR count). The van der Waals surface area contributed by atoms with E-state index in [1.807, 2.05) is 30.3 Å². The summed E-state index contributed by atoms with van der Waals surface area (Å²) in [5.41, 5.74) is 6.92. The van der Waals surface area contributed by atoms with Crippen LogP contribution in [0.5, 0.6) is 0 Å². The molecule has 0 spiro atoms. The van der Waals surface area contributed by atoms with Crippen LogP contribution in [0.25, 0.3) is 0 Å². The number of benzene rings is 1. The van der Waals surface area contributed by atoms with Crippen LogP contribution in [0.2, 0.25) is 0 Å². The van der Waals surface area contributed by atoms with E-state index in [0.29, 0.717) is 0 Å². The van der Waals surface area contributed by atoms with Gasteiger partial charge >= 0.3 is 5.97 Å². The zero-order chi connectivity index (χ0) is 10.8. The van der Waals surface area contributed by atoms with E-state index >= 15 is 0 Å². The van der Waals surface area contributed by atoms with Crippen molar-refractivity contribution in [3.8, 4) is 0 Å². The van der Waals surface area contributed by atoms with Gasteiger partial charge in [-0.2, -0.15) is 0 Å². The first-order valence-corrected chi connectivity index (χ1v) is 5.23. The highest BCUT2D eigenvalue weighted by atomic mass is 16.4. The van der Waals surface area contributed by atoms with Gasteiger partial charge in [-0.25, -0.2) is 0 Å². The van der Waals surface area contributed by atoms with Gasteiger partial charge in [0.05, 0.1) is 5.92 Å². The van der Waals surface area contributed by atoms with Gasteiger partial charge < -0.3 is 10.8 Å². The number of carbonyl (C=O) groups is 1. The molecule has 0 bridgehead atoms. The van der Waals surface area contributed by atoms with Crippen LogP contribution in [0.3, 0.4) is 0 Å². The van der Waals surface area contributed by atoms with Crippen LogP contribution in [-0.2, 0) is 4.79 Å². The molecule has 3 atom stereocenters. The minimum absolute atomic E-state index is 0.0821. The Balaban J connectivity index is 2.26. The maximum atomic E-state index is 11.1. The van der Waals surface area contributed by atoms with E-state index in [1.54, 1.807) is 0 Å². The van der Waals surface area contributed by atoms with Gasteiger partial charge in [0.1, 0.15) is 0 Å². The minimum atomic E-state index is -0.770. The second kappa shape index (κ2) is 4.03. The number of hydrogen-bond donors (Lipinski definition) is 2. The average Bonchev–Trinajstić information content (AvgIpc) is 2.61. The van der Waals surface area contributed by atoms with Crippen LogP contribution in [-0.4, -0.2) is 17.1 Å². The second-order valence-electron chi connectivity index (χ2n) is 4.12. The van der Waals surface area contributed by atoms with Crippen molar-refractivity contribution in [3.63, 3.8) is 0 Å². The van der Waals surface area contributed by atoms with E-state index in [2.05, 4.69) is 0 Å². The average molecular weight is 205 g/mol. The van der Waals surface area contributed by atoms with Crippen LogP contribution in [0.1, 0.15) is 24.3 Å². The molecular weight excluding hydrogens is 190 g/mol. The summed E-state index contributed by atoms with van der Waals surface area (Å²) in [5, 5.41) is 9.14. The molecule has 1 aliphatic rings. The van der Waals surface area contributed by atoms with E-state index in [9.17, 15) is 4.79 Å². The van der Waals surface area contributed by atoms with Crippen molar-refractivity contribution in [3.05, 3.63) is 35.9 Å². The Morgan fingerprint density at radius 2 is 1.93 bits per heavy atom. The highest BCUT2D eigenvalue weighted by Crippen LogP contribution is 2.38. The Hall–Kier alpha value is -1.35. The topological polar surface area (TPSA) is 63.3 Å². The molecule has 1 aliphatic carbocycles. The van der Waals surface area contributed by atoms with Crippen LogP contribution in [0.15, 0.2) is 30.3 Å². The largest absolute Gasteiger partial charge is 0.481 e. The molecule has 0 saturated heterocycles. The van der Waals surface area contributed by atoms with E-state index in [0.717, 1.165) is 18.4 Å². The zero-order valence-electron chi connectivity index (χ0n) is 8.47. The summed E-state index contributed by atoms with van der Waals surface area (Å²) in [4.78, 5) is 11.1. The molecule has 0 amide bonds. The molecule has 0 radical (unpaired) electrons. The van der Waals surface area contributed by atoms with Crippen LogP contribution < -0.4 is 5.73 Å². The number of carboxylic acid groups (broad SMARTS) is 1. The first-order valence-electron chi connectivity index (χ1n) is 5.23. The highest BCUT2D eigenvalue weighted by molar-refractivity contribution is 5.73. The number of aliphatic carboxylic acids is 1. The maximum Gasteiger partial charge on any atom is 0.308 e. The summed E-state index contributed by atoms with van der Waals surface area (Å²) in [5.74, 6) is -1.11. The van der Waals surface area contributed by atoms with E-state index < -0.39 is 11.9 Å². The van der Waals surface area contributed by atoms with Gasteiger partial charge in [-0.05, 0) is 24.3 Å². The summed E-state index contributed by atoms with van der Waals surface area (Å²) in [7, 11) is 0. The number of carboxylic acids is 1. The predicted molar refractivity (Wildman–Crippen MR) is 57.5 cm³/mol. The lowest BCUT2D eigenvalue weighted by molar-refractivity contribution is -0.142. The molecule has 1 aromatic rings. The Morgan fingerprint density at radius 3 is 2.53 bits per heavy atom. The zero-order valence-corrected chi connectivity index (χ0v) is 8.47. The lowest BCUT2D eigenvalue weighted by Crippen LogP contribution is -2.33. The van der Waals surface area contributed by atoms with Gasteiger partial charge in [-0.3, -0.25) is 4.79 Å². The van der Waals surface area contributed by atoms with Gasteiger partial charge in [0.2, 0.25) is 0 Å². The Labute approximate surface area is 88.9 Å². The Morgan fingerprint density at radius 1 is 1.27 bits per heavy atom. The standard InChI is InChI=1S/C12H15NO2/c13-10-7-6-9(11(10)12(14)15)8-4-2-1-3-5-8/h1-5,9-11H,6-7,13H2,(H,14,15)/t9-,10+,11-/m1/s1. The molecule has 0 unspecified atom stereocenters. The molecule has 3 heteroatoms. The summed E-state index contributed by atoms with van der Waals surface area (Å²) in [6, 6.07) is 9.59. The molecular formula is C12H15NO2. The summed E-state index contributed by atoms with van der Waals surface area (Å²) < 4.78 is 0.